The molecule has 0 aliphatic carbocycles. The SMILES string of the molecule is CCCCC1(O)CCN(C(=O)Nc2cccc(Br)c2)CC1. The number of hydrogen-bond acceptors (Lipinski definition) is 2. The normalized spacial score (nSPS) is 17.6. The standard InChI is InChI=1S/C16H23BrN2O2/c1-2-3-7-16(21)8-10-19(11-9-16)15(20)18-14-6-4-5-13(17)12-14/h4-6,12,21H,2-3,7-11H2,1H3,(H,18,20). The van der Waals surface area contributed by atoms with E-state index in [0.29, 0.717) is 25.9 Å². The summed E-state index contributed by atoms with van der Waals surface area (Å²) in [6, 6.07) is 7.46. The summed E-state index contributed by atoms with van der Waals surface area (Å²) in [7, 11) is 0. The second-order valence-corrected chi connectivity index (χ2v) is 6.67. The molecule has 1 heterocycles. The second kappa shape index (κ2) is 7.27. The maximum Gasteiger partial charge on any atom is 0.321 e. The van der Waals surface area contributed by atoms with Gasteiger partial charge < -0.3 is 15.3 Å². The van der Waals surface area contributed by atoms with Crippen molar-refractivity contribution in [3.8, 4) is 0 Å². The maximum absolute atomic E-state index is 12.2. The van der Waals surface area contributed by atoms with Crippen LogP contribution in [0.5, 0.6) is 0 Å². The van der Waals surface area contributed by atoms with Crippen LogP contribution in [-0.4, -0.2) is 34.7 Å². The third kappa shape index (κ3) is 4.71. The van der Waals surface area contributed by atoms with Crippen LogP contribution in [0.4, 0.5) is 10.5 Å². The molecule has 5 heteroatoms. The number of carbonyl (C=O) groups excluding carboxylic acids is 1. The number of piperidine rings is 1. The zero-order chi connectivity index (χ0) is 15.3. The summed E-state index contributed by atoms with van der Waals surface area (Å²) in [5.41, 5.74) is 0.198. The van der Waals surface area contributed by atoms with Crippen LogP contribution in [0.1, 0.15) is 39.0 Å². The summed E-state index contributed by atoms with van der Waals surface area (Å²) in [5.74, 6) is 0. The molecule has 1 fully saturated rings. The summed E-state index contributed by atoms with van der Waals surface area (Å²) in [4.78, 5) is 14.0. The molecule has 1 aliphatic rings. The number of hydrogen-bond donors (Lipinski definition) is 2. The molecule has 0 unspecified atom stereocenters. The molecule has 2 amide bonds. The van der Waals surface area contributed by atoms with Gasteiger partial charge in [0.15, 0.2) is 0 Å². The highest BCUT2D eigenvalue weighted by Gasteiger charge is 2.33. The van der Waals surface area contributed by atoms with E-state index in [2.05, 4.69) is 28.2 Å². The molecule has 2 N–H and O–H groups in total. The Balaban J connectivity index is 1.85. The van der Waals surface area contributed by atoms with Crippen LogP contribution in [0.15, 0.2) is 28.7 Å². The van der Waals surface area contributed by atoms with Gasteiger partial charge in [0, 0.05) is 23.2 Å². The van der Waals surface area contributed by atoms with Gasteiger partial charge >= 0.3 is 6.03 Å². The largest absolute Gasteiger partial charge is 0.390 e. The van der Waals surface area contributed by atoms with E-state index in [1.54, 1.807) is 4.90 Å². The van der Waals surface area contributed by atoms with Crippen molar-refractivity contribution in [2.45, 2.75) is 44.6 Å². The number of likely N-dealkylation sites (tertiary alicyclic amines) is 1. The lowest BCUT2D eigenvalue weighted by molar-refractivity contribution is -0.0194. The minimum absolute atomic E-state index is 0.0920. The van der Waals surface area contributed by atoms with Crippen LogP contribution in [0, 0.1) is 0 Å². The first kappa shape index (κ1) is 16.3. The number of rotatable bonds is 4. The molecule has 2 rings (SSSR count). The Morgan fingerprint density at radius 1 is 1.43 bits per heavy atom. The lowest BCUT2D eigenvalue weighted by Crippen LogP contribution is -2.48. The van der Waals surface area contributed by atoms with Gasteiger partial charge in [0.05, 0.1) is 5.60 Å². The fraction of sp³-hybridized carbons (Fsp3) is 0.562. The van der Waals surface area contributed by atoms with E-state index in [1.807, 2.05) is 24.3 Å². The van der Waals surface area contributed by atoms with Gasteiger partial charge in [-0.3, -0.25) is 0 Å². The highest BCUT2D eigenvalue weighted by atomic mass is 79.9. The first-order valence-corrected chi connectivity index (χ1v) is 8.35. The van der Waals surface area contributed by atoms with Crippen molar-refractivity contribution in [3.63, 3.8) is 0 Å². The summed E-state index contributed by atoms with van der Waals surface area (Å²) >= 11 is 3.39. The fourth-order valence-corrected chi connectivity index (χ4v) is 3.05. The van der Waals surface area contributed by atoms with E-state index in [9.17, 15) is 9.90 Å². The van der Waals surface area contributed by atoms with Crippen LogP contribution in [0.2, 0.25) is 0 Å². The summed E-state index contributed by atoms with van der Waals surface area (Å²) < 4.78 is 0.938. The van der Waals surface area contributed by atoms with E-state index in [4.69, 9.17) is 0 Å². The van der Waals surface area contributed by atoms with Crippen molar-refractivity contribution in [1.29, 1.82) is 0 Å². The van der Waals surface area contributed by atoms with E-state index >= 15 is 0 Å². The average molecular weight is 355 g/mol. The number of nitrogens with zero attached hydrogens (tertiary/aromatic N) is 1. The molecule has 1 aliphatic heterocycles. The summed E-state index contributed by atoms with van der Waals surface area (Å²) in [6.07, 6.45) is 4.30. The lowest BCUT2D eigenvalue weighted by Gasteiger charge is -2.38. The van der Waals surface area contributed by atoms with E-state index < -0.39 is 5.60 Å². The number of unbranched alkanes of at least 4 members (excludes halogenated alkanes) is 1. The molecule has 1 aromatic carbocycles. The number of carbonyl (C=O) groups is 1. The van der Waals surface area contributed by atoms with E-state index in [0.717, 1.165) is 29.4 Å². The van der Waals surface area contributed by atoms with Crippen molar-refractivity contribution in [2.75, 3.05) is 18.4 Å². The Hall–Kier alpha value is -1.07. The molecular weight excluding hydrogens is 332 g/mol. The van der Waals surface area contributed by atoms with Crippen LogP contribution in [-0.2, 0) is 0 Å². The zero-order valence-electron chi connectivity index (χ0n) is 12.4. The van der Waals surface area contributed by atoms with E-state index in [-0.39, 0.29) is 6.03 Å². The number of halogens is 1. The number of benzene rings is 1. The predicted octanol–water partition coefficient (Wildman–Crippen LogP) is 4.00. The molecule has 0 atom stereocenters. The van der Waals surface area contributed by atoms with Crippen molar-refractivity contribution >= 4 is 27.6 Å². The van der Waals surface area contributed by atoms with Crippen molar-refractivity contribution in [3.05, 3.63) is 28.7 Å². The number of amides is 2. The summed E-state index contributed by atoms with van der Waals surface area (Å²) in [6.45, 7) is 3.35. The highest BCUT2D eigenvalue weighted by Crippen LogP contribution is 2.28. The monoisotopic (exact) mass is 354 g/mol. The Labute approximate surface area is 134 Å². The molecule has 0 bridgehead atoms. The van der Waals surface area contributed by atoms with Gasteiger partial charge in [0.25, 0.3) is 0 Å². The van der Waals surface area contributed by atoms with Crippen LogP contribution < -0.4 is 5.32 Å². The molecule has 116 valence electrons. The van der Waals surface area contributed by atoms with Gasteiger partial charge in [-0.15, -0.1) is 0 Å². The van der Waals surface area contributed by atoms with Crippen molar-refractivity contribution in [1.82, 2.24) is 4.90 Å². The molecule has 1 aromatic rings. The first-order valence-electron chi connectivity index (χ1n) is 7.56. The van der Waals surface area contributed by atoms with Gasteiger partial charge in [-0.25, -0.2) is 4.79 Å². The smallest absolute Gasteiger partial charge is 0.321 e. The Bertz CT molecular complexity index is 485. The van der Waals surface area contributed by atoms with Gasteiger partial charge in [-0.2, -0.15) is 0 Å². The number of nitrogens with one attached hydrogen (secondary N) is 1. The second-order valence-electron chi connectivity index (χ2n) is 5.76. The predicted molar refractivity (Wildman–Crippen MR) is 88.4 cm³/mol. The Kier molecular flexibility index (Phi) is 5.65. The van der Waals surface area contributed by atoms with Crippen molar-refractivity contribution < 1.29 is 9.90 Å². The topological polar surface area (TPSA) is 52.6 Å². The molecular formula is C16H23BrN2O2. The maximum atomic E-state index is 12.2. The lowest BCUT2D eigenvalue weighted by atomic mass is 9.87. The van der Waals surface area contributed by atoms with Gasteiger partial charge in [-0.1, -0.05) is 41.8 Å². The molecule has 1 saturated heterocycles. The minimum Gasteiger partial charge on any atom is -0.390 e. The molecule has 0 aromatic heterocycles. The van der Waals surface area contributed by atoms with Crippen LogP contribution >= 0.6 is 15.9 Å². The Morgan fingerprint density at radius 3 is 2.76 bits per heavy atom. The quantitative estimate of drug-likeness (QED) is 0.858. The Morgan fingerprint density at radius 2 is 2.14 bits per heavy atom. The minimum atomic E-state index is -0.581. The number of urea groups is 1. The van der Waals surface area contributed by atoms with Crippen LogP contribution in [0.25, 0.3) is 0 Å². The van der Waals surface area contributed by atoms with Gasteiger partial charge in [-0.05, 0) is 37.5 Å². The van der Waals surface area contributed by atoms with Crippen molar-refractivity contribution in [2.24, 2.45) is 0 Å². The third-order valence-electron chi connectivity index (χ3n) is 4.05. The molecule has 0 saturated carbocycles. The molecule has 0 radical (unpaired) electrons. The molecule has 0 spiro atoms. The van der Waals surface area contributed by atoms with Gasteiger partial charge in [0.2, 0.25) is 0 Å². The highest BCUT2D eigenvalue weighted by molar-refractivity contribution is 9.10. The first-order chi connectivity index (χ1) is 10.0. The van der Waals surface area contributed by atoms with Gasteiger partial charge in [0.1, 0.15) is 0 Å². The average Bonchev–Trinajstić information content (AvgIpc) is 2.46. The summed E-state index contributed by atoms with van der Waals surface area (Å²) in [5, 5.41) is 13.4. The zero-order valence-corrected chi connectivity index (χ0v) is 14.0. The number of aliphatic hydroxyl groups is 1. The van der Waals surface area contributed by atoms with Crippen LogP contribution in [0.3, 0.4) is 0 Å². The molecule has 4 nitrogen and oxygen atoms in total. The van der Waals surface area contributed by atoms with E-state index in [1.165, 1.54) is 0 Å². The fourth-order valence-electron chi connectivity index (χ4n) is 2.65. The number of anilines is 1. The third-order valence-corrected chi connectivity index (χ3v) is 4.55. The molecule has 21 heavy (non-hydrogen) atoms.